The van der Waals surface area contributed by atoms with E-state index in [-0.39, 0.29) is 5.56 Å². The number of thiophene rings is 1. The van der Waals surface area contributed by atoms with Crippen LogP contribution in [0.3, 0.4) is 0 Å². The Bertz CT molecular complexity index is 1170. The maximum absolute atomic E-state index is 13.1. The van der Waals surface area contributed by atoms with Gasteiger partial charge in [-0.1, -0.05) is 17.7 Å². The SMILES string of the molecule is Cc1ccc(-n2cnc3c(sc4nccc(N5CCCC5)c43)c2=O)cc1. The van der Waals surface area contributed by atoms with E-state index in [1.165, 1.54) is 24.2 Å². The van der Waals surface area contributed by atoms with Crippen molar-refractivity contribution in [1.29, 1.82) is 0 Å². The van der Waals surface area contributed by atoms with E-state index in [1.54, 1.807) is 10.9 Å². The summed E-state index contributed by atoms with van der Waals surface area (Å²) in [4.78, 5) is 25.5. The van der Waals surface area contributed by atoms with Crippen molar-refractivity contribution in [2.75, 3.05) is 18.0 Å². The molecule has 5 nitrogen and oxygen atoms in total. The van der Waals surface area contributed by atoms with E-state index in [0.29, 0.717) is 4.70 Å². The molecule has 26 heavy (non-hydrogen) atoms. The van der Waals surface area contributed by atoms with Crippen molar-refractivity contribution in [2.45, 2.75) is 19.8 Å². The third-order valence-corrected chi connectivity index (χ3v) is 6.09. The number of anilines is 1. The van der Waals surface area contributed by atoms with Gasteiger partial charge in [0.25, 0.3) is 5.56 Å². The van der Waals surface area contributed by atoms with Gasteiger partial charge in [-0.05, 0) is 38.0 Å². The molecule has 4 heterocycles. The molecule has 0 aliphatic carbocycles. The van der Waals surface area contributed by atoms with Crippen LogP contribution in [0.1, 0.15) is 18.4 Å². The van der Waals surface area contributed by atoms with Crippen molar-refractivity contribution in [3.05, 3.63) is 58.8 Å². The molecular weight excluding hydrogens is 344 g/mol. The molecule has 0 radical (unpaired) electrons. The molecule has 1 saturated heterocycles. The van der Waals surface area contributed by atoms with Crippen LogP contribution >= 0.6 is 11.3 Å². The lowest BCUT2D eigenvalue weighted by molar-refractivity contribution is 0.949. The van der Waals surface area contributed by atoms with Crippen LogP contribution in [0.25, 0.3) is 26.1 Å². The Morgan fingerprint density at radius 1 is 1.04 bits per heavy atom. The molecule has 0 bridgehead atoms. The van der Waals surface area contributed by atoms with Gasteiger partial charge in [0, 0.05) is 19.3 Å². The van der Waals surface area contributed by atoms with Crippen LogP contribution in [-0.4, -0.2) is 27.6 Å². The fourth-order valence-electron chi connectivity index (χ4n) is 3.65. The van der Waals surface area contributed by atoms with E-state index >= 15 is 0 Å². The lowest BCUT2D eigenvalue weighted by Gasteiger charge is -2.18. The first-order valence-corrected chi connectivity index (χ1v) is 9.65. The average Bonchev–Trinajstić information content (AvgIpc) is 3.31. The maximum atomic E-state index is 13.1. The number of aromatic nitrogens is 3. The average molecular weight is 362 g/mol. The van der Waals surface area contributed by atoms with Crippen LogP contribution in [-0.2, 0) is 0 Å². The second kappa shape index (κ2) is 5.92. The number of pyridine rings is 1. The van der Waals surface area contributed by atoms with Crippen LogP contribution in [0.5, 0.6) is 0 Å². The smallest absolute Gasteiger partial charge is 0.275 e. The molecule has 0 unspecified atom stereocenters. The minimum absolute atomic E-state index is 0.0331. The molecule has 1 fully saturated rings. The van der Waals surface area contributed by atoms with Gasteiger partial charge in [-0.2, -0.15) is 0 Å². The molecule has 0 spiro atoms. The normalized spacial score (nSPS) is 14.6. The van der Waals surface area contributed by atoms with Gasteiger partial charge >= 0.3 is 0 Å². The van der Waals surface area contributed by atoms with E-state index in [4.69, 9.17) is 0 Å². The summed E-state index contributed by atoms with van der Waals surface area (Å²) in [7, 11) is 0. The predicted octanol–water partition coefficient (Wildman–Crippen LogP) is 3.90. The number of hydrogen-bond donors (Lipinski definition) is 0. The van der Waals surface area contributed by atoms with Gasteiger partial charge in [-0.3, -0.25) is 9.36 Å². The standard InChI is InChI=1S/C20H18N4OS/c1-13-4-6-14(7-5-13)24-12-22-17-16-15(23-10-2-3-11-23)8-9-21-19(16)26-18(17)20(24)25/h4-9,12H,2-3,10-11H2,1H3. The zero-order valence-electron chi connectivity index (χ0n) is 14.5. The van der Waals surface area contributed by atoms with Crippen molar-refractivity contribution < 1.29 is 0 Å². The van der Waals surface area contributed by atoms with Crippen molar-refractivity contribution in [1.82, 2.24) is 14.5 Å². The summed E-state index contributed by atoms with van der Waals surface area (Å²) in [6, 6.07) is 9.96. The van der Waals surface area contributed by atoms with Crippen molar-refractivity contribution in [3.63, 3.8) is 0 Å². The second-order valence-electron chi connectivity index (χ2n) is 6.74. The van der Waals surface area contributed by atoms with Crippen molar-refractivity contribution >= 4 is 37.5 Å². The monoisotopic (exact) mass is 362 g/mol. The van der Waals surface area contributed by atoms with Crippen molar-refractivity contribution in [2.24, 2.45) is 0 Å². The van der Waals surface area contributed by atoms with E-state index in [1.807, 2.05) is 43.5 Å². The fraction of sp³-hybridized carbons (Fsp3) is 0.250. The Balaban J connectivity index is 1.76. The summed E-state index contributed by atoms with van der Waals surface area (Å²) in [5.41, 5.74) is 3.89. The largest absolute Gasteiger partial charge is 0.371 e. The minimum atomic E-state index is -0.0331. The highest BCUT2D eigenvalue weighted by atomic mass is 32.1. The predicted molar refractivity (Wildman–Crippen MR) is 107 cm³/mol. The first-order chi connectivity index (χ1) is 12.7. The van der Waals surface area contributed by atoms with E-state index in [2.05, 4.69) is 14.9 Å². The van der Waals surface area contributed by atoms with E-state index in [0.717, 1.165) is 45.8 Å². The Morgan fingerprint density at radius 2 is 1.81 bits per heavy atom. The molecule has 130 valence electrons. The molecule has 0 N–H and O–H groups in total. The number of rotatable bonds is 2. The minimum Gasteiger partial charge on any atom is -0.371 e. The van der Waals surface area contributed by atoms with E-state index in [9.17, 15) is 4.79 Å². The third-order valence-electron chi connectivity index (χ3n) is 5.02. The molecule has 3 aromatic heterocycles. The molecule has 0 atom stereocenters. The van der Waals surface area contributed by atoms with Crippen LogP contribution < -0.4 is 10.5 Å². The lowest BCUT2D eigenvalue weighted by Crippen LogP contribution is -2.19. The zero-order chi connectivity index (χ0) is 17.7. The zero-order valence-corrected chi connectivity index (χ0v) is 15.3. The first-order valence-electron chi connectivity index (χ1n) is 8.83. The summed E-state index contributed by atoms with van der Waals surface area (Å²) >= 11 is 1.44. The van der Waals surface area contributed by atoms with Crippen LogP contribution in [0.4, 0.5) is 5.69 Å². The quantitative estimate of drug-likeness (QED) is 0.543. The summed E-state index contributed by atoms with van der Waals surface area (Å²) < 4.78 is 2.29. The van der Waals surface area contributed by atoms with Crippen LogP contribution in [0.15, 0.2) is 47.7 Å². The number of benzene rings is 1. The summed E-state index contributed by atoms with van der Waals surface area (Å²) in [5, 5.41) is 1.02. The highest BCUT2D eigenvalue weighted by Gasteiger charge is 2.20. The van der Waals surface area contributed by atoms with Crippen LogP contribution in [0.2, 0.25) is 0 Å². The molecule has 0 saturated carbocycles. The fourth-order valence-corrected chi connectivity index (χ4v) is 4.70. The first kappa shape index (κ1) is 15.5. The molecule has 1 aromatic carbocycles. The topological polar surface area (TPSA) is 51.0 Å². The number of fused-ring (bicyclic) bond motifs is 3. The second-order valence-corrected chi connectivity index (χ2v) is 7.74. The summed E-state index contributed by atoms with van der Waals surface area (Å²) in [6.45, 7) is 4.14. The van der Waals surface area contributed by atoms with Gasteiger partial charge in [-0.25, -0.2) is 9.97 Å². The number of aryl methyl sites for hydroxylation is 1. The van der Waals surface area contributed by atoms with Crippen LogP contribution in [0, 0.1) is 6.92 Å². The van der Waals surface area contributed by atoms with Gasteiger partial charge in [-0.15, -0.1) is 11.3 Å². The van der Waals surface area contributed by atoms with Gasteiger partial charge < -0.3 is 4.90 Å². The molecule has 5 rings (SSSR count). The molecule has 0 amide bonds. The summed E-state index contributed by atoms with van der Waals surface area (Å²) in [5.74, 6) is 0. The molecular formula is C20H18N4OS. The van der Waals surface area contributed by atoms with Gasteiger partial charge in [0.05, 0.1) is 16.8 Å². The highest BCUT2D eigenvalue weighted by molar-refractivity contribution is 7.25. The van der Waals surface area contributed by atoms with Gasteiger partial charge in [0.1, 0.15) is 21.4 Å². The third kappa shape index (κ3) is 2.33. The number of hydrogen-bond acceptors (Lipinski definition) is 5. The molecule has 1 aliphatic heterocycles. The molecule has 4 aromatic rings. The van der Waals surface area contributed by atoms with E-state index < -0.39 is 0 Å². The lowest BCUT2D eigenvalue weighted by atomic mass is 10.2. The Hall–Kier alpha value is -2.73. The molecule has 6 heteroatoms. The van der Waals surface area contributed by atoms with Gasteiger partial charge in [0.15, 0.2) is 0 Å². The van der Waals surface area contributed by atoms with Gasteiger partial charge in [0.2, 0.25) is 0 Å². The Labute approximate surface area is 154 Å². The Morgan fingerprint density at radius 3 is 2.58 bits per heavy atom. The highest BCUT2D eigenvalue weighted by Crippen LogP contribution is 2.37. The Kier molecular flexibility index (Phi) is 3.53. The van der Waals surface area contributed by atoms with Crippen molar-refractivity contribution in [3.8, 4) is 5.69 Å². The maximum Gasteiger partial charge on any atom is 0.275 e. The summed E-state index contributed by atoms with van der Waals surface area (Å²) in [6.07, 6.45) is 5.89. The number of nitrogens with zero attached hydrogens (tertiary/aromatic N) is 4. The molecule has 1 aliphatic rings.